The Kier molecular flexibility index (Phi) is 5.34. The van der Waals surface area contributed by atoms with Gasteiger partial charge in [-0.25, -0.2) is 0 Å². The van der Waals surface area contributed by atoms with Crippen molar-refractivity contribution < 1.29 is 4.74 Å². The van der Waals surface area contributed by atoms with Gasteiger partial charge in [-0.2, -0.15) is 0 Å². The quantitative estimate of drug-likeness (QED) is 0.555. The Labute approximate surface area is 180 Å². The molecule has 2 aromatic rings. The molecule has 4 saturated carbocycles. The fourth-order valence-electron chi connectivity index (χ4n) is 6.75. The maximum atomic E-state index is 6.29. The van der Waals surface area contributed by atoms with Crippen LogP contribution in [0.4, 0.5) is 0 Å². The van der Waals surface area contributed by atoms with Crippen LogP contribution in [0.1, 0.15) is 56.6 Å². The number of nitrogens with one attached hydrogen (secondary N) is 1. The average molecular weight is 410 g/mol. The standard InChI is InChI=1S/C26H32ClNO/c1-18(26-13-19-10-20(14-26)12-21(11-19)15-26)28-16-22-6-3-5-9-25(22)29-17-23-7-2-4-8-24(23)27/h2-9,18-21,28H,10-17H2,1H3. The lowest BCUT2D eigenvalue weighted by molar-refractivity contribution is -0.0706. The monoisotopic (exact) mass is 409 g/mol. The molecule has 29 heavy (non-hydrogen) atoms. The Bertz CT molecular complexity index is 828. The van der Waals surface area contributed by atoms with E-state index in [0.717, 1.165) is 40.6 Å². The van der Waals surface area contributed by atoms with E-state index in [0.29, 0.717) is 18.1 Å². The molecule has 0 amide bonds. The van der Waals surface area contributed by atoms with E-state index in [2.05, 4.69) is 30.4 Å². The number of para-hydroxylation sites is 1. The number of halogens is 1. The molecule has 4 aliphatic carbocycles. The molecule has 2 aromatic carbocycles. The summed E-state index contributed by atoms with van der Waals surface area (Å²) < 4.78 is 6.16. The first-order chi connectivity index (χ1) is 14.1. The maximum Gasteiger partial charge on any atom is 0.124 e. The lowest BCUT2D eigenvalue weighted by Crippen LogP contribution is -2.54. The van der Waals surface area contributed by atoms with Crippen LogP contribution in [0.25, 0.3) is 0 Å². The predicted molar refractivity (Wildman–Crippen MR) is 119 cm³/mol. The Morgan fingerprint density at radius 3 is 2.17 bits per heavy atom. The SMILES string of the molecule is CC(NCc1ccccc1OCc1ccccc1Cl)C12CC3CC(CC(C3)C1)C2. The molecule has 4 fully saturated rings. The highest BCUT2D eigenvalue weighted by atomic mass is 35.5. The van der Waals surface area contributed by atoms with Gasteiger partial charge in [0.25, 0.3) is 0 Å². The van der Waals surface area contributed by atoms with Crippen molar-refractivity contribution in [2.24, 2.45) is 23.2 Å². The van der Waals surface area contributed by atoms with Crippen molar-refractivity contribution in [3.05, 3.63) is 64.7 Å². The fourth-order valence-corrected chi connectivity index (χ4v) is 6.94. The summed E-state index contributed by atoms with van der Waals surface area (Å²) >= 11 is 6.29. The van der Waals surface area contributed by atoms with E-state index in [-0.39, 0.29) is 0 Å². The van der Waals surface area contributed by atoms with Crippen molar-refractivity contribution in [3.63, 3.8) is 0 Å². The minimum absolute atomic E-state index is 0.501. The lowest BCUT2D eigenvalue weighted by Gasteiger charge is -2.59. The molecule has 4 bridgehead atoms. The van der Waals surface area contributed by atoms with Gasteiger partial charge in [0.1, 0.15) is 12.4 Å². The van der Waals surface area contributed by atoms with Gasteiger partial charge in [0.15, 0.2) is 0 Å². The van der Waals surface area contributed by atoms with Crippen LogP contribution in [0.5, 0.6) is 5.75 Å². The summed E-state index contributed by atoms with van der Waals surface area (Å²) in [7, 11) is 0. The van der Waals surface area contributed by atoms with E-state index in [1.165, 1.54) is 44.1 Å². The molecule has 0 aromatic heterocycles. The molecule has 6 rings (SSSR count). The average Bonchev–Trinajstić information content (AvgIpc) is 2.71. The summed E-state index contributed by atoms with van der Waals surface area (Å²) in [6.07, 6.45) is 8.84. The molecule has 1 unspecified atom stereocenters. The predicted octanol–water partition coefficient (Wildman–Crippen LogP) is 6.61. The molecular weight excluding hydrogens is 378 g/mol. The third-order valence-electron chi connectivity index (χ3n) is 7.92. The van der Waals surface area contributed by atoms with Gasteiger partial charge in [0.2, 0.25) is 0 Å². The summed E-state index contributed by atoms with van der Waals surface area (Å²) in [5, 5.41) is 4.66. The fraction of sp³-hybridized carbons (Fsp3) is 0.538. The highest BCUT2D eigenvalue weighted by molar-refractivity contribution is 6.31. The molecule has 0 spiro atoms. The van der Waals surface area contributed by atoms with Crippen LogP contribution in [0.2, 0.25) is 5.02 Å². The summed E-state index contributed by atoms with van der Waals surface area (Å²) in [5.41, 5.74) is 2.79. The van der Waals surface area contributed by atoms with E-state index < -0.39 is 0 Å². The summed E-state index contributed by atoms with van der Waals surface area (Å²) in [6, 6.07) is 16.9. The zero-order chi connectivity index (χ0) is 19.8. The van der Waals surface area contributed by atoms with Gasteiger partial charge in [-0.05, 0) is 80.8 Å². The minimum atomic E-state index is 0.501. The van der Waals surface area contributed by atoms with E-state index in [4.69, 9.17) is 16.3 Å². The van der Waals surface area contributed by atoms with E-state index in [1.807, 2.05) is 30.3 Å². The van der Waals surface area contributed by atoms with Crippen molar-refractivity contribution >= 4 is 11.6 Å². The van der Waals surface area contributed by atoms with Gasteiger partial charge in [-0.15, -0.1) is 0 Å². The second-order valence-corrected chi connectivity index (χ2v) is 10.3. The second kappa shape index (κ2) is 7.96. The normalized spacial score (nSPS) is 31.0. The third kappa shape index (κ3) is 3.94. The molecule has 2 nitrogen and oxygen atoms in total. The molecule has 4 aliphatic rings. The molecule has 0 aliphatic heterocycles. The van der Waals surface area contributed by atoms with Crippen LogP contribution in [-0.2, 0) is 13.2 Å². The van der Waals surface area contributed by atoms with Gasteiger partial charge in [0.05, 0.1) is 0 Å². The van der Waals surface area contributed by atoms with Gasteiger partial charge >= 0.3 is 0 Å². The second-order valence-electron chi connectivity index (χ2n) is 9.87. The maximum absolute atomic E-state index is 6.29. The zero-order valence-corrected chi connectivity index (χ0v) is 18.1. The van der Waals surface area contributed by atoms with Crippen LogP contribution in [-0.4, -0.2) is 6.04 Å². The Morgan fingerprint density at radius 2 is 1.52 bits per heavy atom. The summed E-state index contributed by atoms with van der Waals surface area (Å²) in [6.45, 7) is 3.79. The first kappa shape index (κ1) is 19.5. The molecule has 3 heteroatoms. The zero-order valence-electron chi connectivity index (χ0n) is 17.4. The first-order valence-electron chi connectivity index (χ1n) is 11.3. The van der Waals surface area contributed by atoms with Gasteiger partial charge in [-0.1, -0.05) is 48.0 Å². The molecule has 0 heterocycles. The van der Waals surface area contributed by atoms with Crippen molar-refractivity contribution in [2.45, 2.75) is 64.6 Å². The van der Waals surface area contributed by atoms with Crippen LogP contribution in [0.3, 0.4) is 0 Å². The summed E-state index contributed by atoms with van der Waals surface area (Å²) in [5.74, 6) is 3.95. The van der Waals surface area contributed by atoms with Gasteiger partial charge in [-0.3, -0.25) is 0 Å². The smallest absolute Gasteiger partial charge is 0.124 e. The van der Waals surface area contributed by atoms with Crippen LogP contribution >= 0.6 is 11.6 Å². The van der Waals surface area contributed by atoms with E-state index in [9.17, 15) is 0 Å². The van der Waals surface area contributed by atoms with Crippen LogP contribution in [0, 0.1) is 23.2 Å². The van der Waals surface area contributed by atoms with Crippen LogP contribution in [0.15, 0.2) is 48.5 Å². The Morgan fingerprint density at radius 1 is 0.931 bits per heavy atom. The molecular formula is C26H32ClNO. The molecule has 1 atom stereocenters. The minimum Gasteiger partial charge on any atom is -0.489 e. The summed E-state index contributed by atoms with van der Waals surface area (Å²) in [4.78, 5) is 0. The highest BCUT2D eigenvalue weighted by Gasteiger charge is 2.52. The topological polar surface area (TPSA) is 21.3 Å². The van der Waals surface area contributed by atoms with Crippen molar-refractivity contribution in [1.29, 1.82) is 0 Å². The lowest BCUT2D eigenvalue weighted by atomic mass is 9.48. The van der Waals surface area contributed by atoms with Crippen LogP contribution < -0.4 is 10.1 Å². The Hall–Kier alpha value is -1.51. The number of rotatable bonds is 7. The molecule has 0 radical (unpaired) electrons. The number of hydrogen-bond donors (Lipinski definition) is 1. The van der Waals surface area contributed by atoms with E-state index in [1.54, 1.807) is 0 Å². The van der Waals surface area contributed by atoms with Crippen molar-refractivity contribution in [2.75, 3.05) is 0 Å². The first-order valence-corrected chi connectivity index (χ1v) is 11.7. The number of ether oxygens (including phenoxy) is 1. The number of hydrogen-bond acceptors (Lipinski definition) is 2. The van der Waals surface area contributed by atoms with Gasteiger partial charge in [0, 0.05) is 28.7 Å². The van der Waals surface area contributed by atoms with Gasteiger partial charge < -0.3 is 10.1 Å². The number of benzene rings is 2. The highest BCUT2D eigenvalue weighted by Crippen LogP contribution is 2.61. The molecule has 0 saturated heterocycles. The third-order valence-corrected chi connectivity index (χ3v) is 8.29. The Balaban J connectivity index is 1.24. The molecule has 1 N–H and O–H groups in total. The van der Waals surface area contributed by atoms with E-state index >= 15 is 0 Å². The molecule has 154 valence electrons. The van der Waals surface area contributed by atoms with Crippen molar-refractivity contribution in [3.8, 4) is 5.75 Å². The van der Waals surface area contributed by atoms with Crippen molar-refractivity contribution in [1.82, 2.24) is 5.32 Å². The largest absolute Gasteiger partial charge is 0.489 e.